The van der Waals surface area contributed by atoms with E-state index in [-0.39, 0.29) is 5.78 Å². The zero-order valence-corrected chi connectivity index (χ0v) is 14.7. The number of ketones is 1. The summed E-state index contributed by atoms with van der Waals surface area (Å²) >= 11 is 0. The van der Waals surface area contributed by atoms with E-state index >= 15 is 0 Å². The zero-order chi connectivity index (χ0) is 18.4. The first-order chi connectivity index (χ1) is 12.6. The highest BCUT2D eigenvalue weighted by Crippen LogP contribution is 2.08. The molecule has 0 saturated carbocycles. The highest BCUT2D eigenvalue weighted by molar-refractivity contribution is 5.86. The maximum atomic E-state index is 12.3. The third-order valence-electron chi connectivity index (χ3n) is 4.14. The minimum atomic E-state index is -0.531. The molecule has 0 saturated heterocycles. The summed E-state index contributed by atoms with van der Waals surface area (Å²) in [7, 11) is 0. The second-order valence-electron chi connectivity index (χ2n) is 6.34. The van der Waals surface area contributed by atoms with Crippen molar-refractivity contribution in [2.75, 3.05) is 0 Å². The van der Waals surface area contributed by atoms with Crippen LogP contribution in [0, 0.1) is 18.8 Å². The lowest BCUT2D eigenvalue weighted by Gasteiger charge is -2.09. The molecule has 0 bridgehead atoms. The number of aromatic amines is 1. The Morgan fingerprint density at radius 3 is 2.27 bits per heavy atom. The van der Waals surface area contributed by atoms with Crippen molar-refractivity contribution >= 4 is 5.78 Å². The predicted octanol–water partition coefficient (Wildman–Crippen LogP) is 2.80. The summed E-state index contributed by atoms with van der Waals surface area (Å²) in [5.74, 6) is 6.30. The van der Waals surface area contributed by atoms with Crippen molar-refractivity contribution in [3.63, 3.8) is 0 Å². The minimum Gasteiger partial charge on any atom is -0.348 e. The number of nitrogens with zero attached hydrogens (tertiary/aromatic N) is 1. The van der Waals surface area contributed by atoms with Crippen molar-refractivity contribution in [3.05, 3.63) is 89.0 Å². The molecule has 0 unspecified atom stereocenters. The van der Waals surface area contributed by atoms with Gasteiger partial charge in [-0.05, 0) is 36.8 Å². The number of nitrogens with two attached hydrogens (primary N) is 1. The molecule has 1 aromatic heterocycles. The van der Waals surface area contributed by atoms with Crippen LogP contribution in [-0.4, -0.2) is 21.8 Å². The van der Waals surface area contributed by atoms with E-state index in [1.807, 2.05) is 48.5 Å². The summed E-state index contributed by atoms with van der Waals surface area (Å²) in [6, 6.07) is 15.3. The Balaban J connectivity index is 1.59. The van der Waals surface area contributed by atoms with Gasteiger partial charge in [-0.2, -0.15) is 0 Å². The minimum absolute atomic E-state index is 0.0121. The third-order valence-corrected chi connectivity index (χ3v) is 4.14. The number of aromatic nitrogens is 2. The molecular formula is C22H21N3O. The van der Waals surface area contributed by atoms with E-state index in [1.54, 1.807) is 12.5 Å². The molecule has 3 N–H and O–H groups in total. The van der Waals surface area contributed by atoms with E-state index in [0.29, 0.717) is 12.8 Å². The van der Waals surface area contributed by atoms with Gasteiger partial charge in [-0.25, -0.2) is 4.98 Å². The Hall–Kier alpha value is -3.16. The third kappa shape index (κ3) is 4.92. The fraction of sp³-hybridized carbons (Fsp3) is 0.182. The number of H-pyrrole nitrogens is 1. The number of nitrogens with one attached hydrogen (secondary N) is 1. The van der Waals surface area contributed by atoms with Crippen LogP contribution in [0.4, 0.5) is 0 Å². The van der Waals surface area contributed by atoms with Crippen molar-refractivity contribution in [1.29, 1.82) is 0 Å². The van der Waals surface area contributed by atoms with Gasteiger partial charge in [0.05, 0.1) is 12.4 Å². The van der Waals surface area contributed by atoms with E-state index in [0.717, 1.165) is 22.4 Å². The summed E-state index contributed by atoms with van der Waals surface area (Å²) in [5.41, 5.74) is 10.9. The van der Waals surface area contributed by atoms with E-state index in [4.69, 9.17) is 5.73 Å². The molecule has 4 heteroatoms. The zero-order valence-electron chi connectivity index (χ0n) is 14.7. The first-order valence-corrected chi connectivity index (χ1v) is 8.53. The van der Waals surface area contributed by atoms with E-state index < -0.39 is 6.04 Å². The lowest BCUT2D eigenvalue weighted by molar-refractivity contribution is -0.119. The van der Waals surface area contributed by atoms with Gasteiger partial charge < -0.3 is 10.7 Å². The number of aryl methyl sites for hydroxylation is 1. The highest BCUT2D eigenvalue weighted by atomic mass is 16.1. The molecule has 0 aliphatic rings. The van der Waals surface area contributed by atoms with Crippen molar-refractivity contribution < 1.29 is 4.79 Å². The van der Waals surface area contributed by atoms with Gasteiger partial charge in [0.2, 0.25) is 0 Å². The maximum absolute atomic E-state index is 12.3. The summed E-state index contributed by atoms with van der Waals surface area (Å²) in [6.07, 6.45) is 4.07. The Labute approximate surface area is 153 Å². The van der Waals surface area contributed by atoms with Crippen LogP contribution in [0.15, 0.2) is 61.1 Å². The van der Waals surface area contributed by atoms with Gasteiger partial charge in [-0.15, -0.1) is 0 Å². The Morgan fingerprint density at radius 2 is 1.69 bits per heavy atom. The van der Waals surface area contributed by atoms with Crippen molar-refractivity contribution in [1.82, 2.24) is 9.97 Å². The summed E-state index contributed by atoms with van der Waals surface area (Å²) in [6.45, 7) is 2.05. The molecule has 1 heterocycles. The monoisotopic (exact) mass is 343 g/mol. The molecular weight excluding hydrogens is 322 g/mol. The number of carbonyl (C=O) groups is 1. The molecule has 3 aromatic rings. The SMILES string of the molecule is Cc1ccc(C#Cc2ccc(CC(=O)[C@@H](N)Cc3cnc[nH]3)cc2)cc1. The van der Waals surface area contributed by atoms with Gasteiger partial charge in [0.15, 0.2) is 5.78 Å². The molecule has 26 heavy (non-hydrogen) atoms. The molecule has 130 valence electrons. The molecule has 0 amide bonds. The topological polar surface area (TPSA) is 71.8 Å². The first-order valence-electron chi connectivity index (χ1n) is 8.53. The number of benzene rings is 2. The Morgan fingerprint density at radius 1 is 1.08 bits per heavy atom. The van der Waals surface area contributed by atoms with E-state index in [1.165, 1.54) is 5.56 Å². The van der Waals surface area contributed by atoms with Gasteiger partial charge in [0.25, 0.3) is 0 Å². The largest absolute Gasteiger partial charge is 0.348 e. The van der Waals surface area contributed by atoms with E-state index in [9.17, 15) is 4.79 Å². The summed E-state index contributed by atoms with van der Waals surface area (Å²) < 4.78 is 0. The van der Waals surface area contributed by atoms with Crippen LogP contribution >= 0.6 is 0 Å². The van der Waals surface area contributed by atoms with Crippen LogP contribution < -0.4 is 5.73 Å². The first kappa shape index (κ1) is 17.7. The standard InChI is InChI=1S/C22H21N3O/c1-16-2-4-17(5-3-16)6-7-18-8-10-19(11-9-18)12-22(26)21(23)13-20-14-24-15-25-20/h2-5,8-11,14-15,21H,12-13,23H2,1H3,(H,24,25)/t21-/m0/s1. The fourth-order valence-electron chi connectivity index (χ4n) is 2.57. The molecule has 0 aliphatic carbocycles. The van der Waals surface area contributed by atoms with Crippen molar-refractivity contribution in [2.45, 2.75) is 25.8 Å². The number of rotatable bonds is 5. The highest BCUT2D eigenvalue weighted by Gasteiger charge is 2.15. The van der Waals surface area contributed by atoms with Crippen LogP contribution in [0.25, 0.3) is 0 Å². The van der Waals surface area contributed by atoms with Gasteiger partial charge >= 0.3 is 0 Å². The number of hydrogen-bond acceptors (Lipinski definition) is 3. The normalized spacial score (nSPS) is 11.5. The van der Waals surface area contributed by atoms with Crippen LogP contribution in [-0.2, 0) is 17.6 Å². The average Bonchev–Trinajstić information content (AvgIpc) is 3.15. The van der Waals surface area contributed by atoms with Gasteiger partial charge in [0, 0.05) is 35.9 Å². The van der Waals surface area contributed by atoms with Crippen LogP contribution in [0.5, 0.6) is 0 Å². The quantitative estimate of drug-likeness (QED) is 0.700. The molecule has 3 rings (SSSR count). The average molecular weight is 343 g/mol. The van der Waals surface area contributed by atoms with Crippen LogP contribution in [0.3, 0.4) is 0 Å². The number of Topliss-reactive ketones (excluding diaryl/α,β-unsaturated/α-hetero) is 1. The number of imidazole rings is 1. The molecule has 0 radical (unpaired) electrons. The van der Waals surface area contributed by atoms with E-state index in [2.05, 4.69) is 28.7 Å². The lowest BCUT2D eigenvalue weighted by Crippen LogP contribution is -2.34. The van der Waals surface area contributed by atoms with Crippen LogP contribution in [0.1, 0.15) is 27.9 Å². The molecule has 1 atom stereocenters. The second-order valence-corrected chi connectivity index (χ2v) is 6.34. The predicted molar refractivity (Wildman–Crippen MR) is 103 cm³/mol. The smallest absolute Gasteiger partial charge is 0.154 e. The van der Waals surface area contributed by atoms with Crippen molar-refractivity contribution in [2.24, 2.45) is 5.73 Å². The summed E-state index contributed by atoms with van der Waals surface area (Å²) in [5, 5.41) is 0. The van der Waals surface area contributed by atoms with Gasteiger partial charge in [0.1, 0.15) is 0 Å². The molecule has 0 aliphatic heterocycles. The molecule has 4 nitrogen and oxygen atoms in total. The fourth-order valence-corrected chi connectivity index (χ4v) is 2.57. The Kier molecular flexibility index (Phi) is 5.62. The lowest BCUT2D eigenvalue weighted by atomic mass is 10.0. The molecule has 2 aromatic carbocycles. The van der Waals surface area contributed by atoms with Gasteiger partial charge in [-0.1, -0.05) is 41.7 Å². The number of hydrogen-bond donors (Lipinski definition) is 2. The van der Waals surface area contributed by atoms with Gasteiger partial charge in [-0.3, -0.25) is 4.79 Å². The van der Waals surface area contributed by atoms with Crippen LogP contribution in [0.2, 0.25) is 0 Å². The molecule has 0 fully saturated rings. The number of carbonyl (C=O) groups excluding carboxylic acids is 1. The second kappa shape index (κ2) is 8.28. The molecule has 0 spiro atoms. The van der Waals surface area contributed by atoms with Crippen molar-refractivity contribution in [3.8, 4) is 11.8 Å². The Bertz CT molecular complexity index is 914. The maximum Gasteiger partial charge on any atom is 0.154 e. The summed E-state index contributed by atoms with van der Waals surface area (Å²) in [4.78, 5) is 19.2.